The monoisotopic (exact) mass is 340 g/mol. The summed E-state index contributed by atoms with van der Waals surface area (Å²) in [5.74, 6) is 1.62. The van der Waals surface area contributed by atoms with Crippen LogP contribution >= 0.6 is 0 Å². The highest BCUT2D eigenvalue weighted by molar-refractivity contribution is 5.77. The summed E-state index contributed by atoms with van der Waals surface area (Å²) in [6.07, 6.45) is 9.19. The van der Waals surface area contributed by atoms with Crippen molar-refractivity contribution in [2.45, 2.75) is 51.6 Å². The SMILES string of the molecule is CC1(C)CCCC(c2ccc(OCC3CN4CC=CN=C4O3)cc2)C1. The van der Waals surface area contributed by atoms with E-state index in [-0.39, 0.29) is 6.10 Å². The topological polar surface area (TPSA) is 34.1 Å². The first-order valence-corrected chi connectivity index (χ1v) is 9.46. The van der Waals surface area contributed by atoms with Crippen LogP contribution in [0, 0.1) is 5.41 Å². The van der Waals surface area contributed by atoms with E-state index in [0.29, 0.717) is 17.9 Å². The fourth-order valence-electron chi connectivity index (χ4n) is 4.24. The van der Waals surface area contributed by atoms with E-state index in [9.17, 15) is 0 Å². The van der Waals surface area contributed by atoms with E-state index in [0.717, 1.165) is 24.9 Å². The second-order valence-electron chi connectivity index (χ2n) is 8.28. The normalized spacial score (nSPS) is 27.4. The molecule has 134 valence electrons. The molecule has 0 aromatic heterocycles. The zero-order valence-electron chi connectivity index (χ0n) is 15.3. The first kappa shape index (κ1) is 16.5. The standard InChI is InChI=1S/C21H28N2O2/c1-21(2)10-3-5-17(13-21)16-6-8-18(9-7-16)24-15-19-14-23-12-4-11-22-20(23)25-19/h4,6-9,11,17,19H,3,5,10,12-15H2,1-2H3. The highest BCUT2D eigenvalue weighted by atomic mass is 16.6. The number of fused-ring (bicyclic) bond motifs is 1. The third-order valence-corrected chi connectivity index (χ3v) is 5.58. The van der Waals surface area contributed by atoms with Crippen LogP contribution in [0.4, 0.5) is 0 Å². The van der Waals surface area contributed by atoms with Crippen molar-refractivity contribution in [1.82, 2.24) is 4.90 Å². The van der Waals surface area contributed by atoms with Crippen LogP contribution in [0.3, 0.4) is 0 Å². The van der Waals surface area contributed by atoms with Gasteiger partial charge in [0.15, 0.2) is 6.10 Å². The molecule has 1 aliphatic carbocycles. The number of benzene rings is 1. The molecule has 0 N–H and O–H groups in total. The van der Waals surface area contributed by atoms with Gasteiger partial charge in [0.2, 0.25) is 0 Å². The summed E-state index contributed by atoms with van der Waals surface area (Å²) in [5, 5.41) is 0. The molecule has 0 spiro atoms. The Bertz CT molecular complexity index is 663. The van der Waals surface area contributed by atoms with E-state index >= 15 is 0 Å². The summed E-state index contributed by atoms with van der Waals surface area (Å²) in [6.45, 7) is 7.07. The molecule has 25 heavy (non-hydrogen) atoms. The van der Waals surface area contributed by atoms with Gasteiger partial charge in [0.25, 0.3) is 6.02 Å². The molecule has 4 rings (SSSR count). The van der Waals surface area contributed by atoms with E-state index in [2.05, 4.69) is 48.0 Å². The Hall–Kier alpha value is -1.97. The zero-order valence-corrected chi connectivity index (χ0v) is 15.3. The van der Waals surface area contributed by atoms with Gasteiger partial charge in [-0.05, 0) is 54.4 Å². The molecular weight excluding hydrogens is 312 g/mol. The van der Waals surface area contributed by atoms with E-state index in [4.69, 9.17) is 9.47 Å². The number of nitrogens with zero attached hydrogens (tertiary/aromatic N) is 2. The van der Waals surface area contributed by atoms with Gasteiger partial charge in [0.1, 0.15) is 12.4 Å². The van der Waals surface area contributed by atoms with Gasteiger partial charge in [0.05, 0.1) is 6.54 Å². The molecule has 4 heteroatoms. The highest BCUT2D eigenvalue weighted by Gasteiger charge is 2.30. The molecular formula is C21H28N2O2. The summed E-state index contributed by atoms with van der Waals surface area (Å²) >= 11 is 0. The Morgan fingerprint density at radius 3 is 2.88 bits per heavy atom. The molecule has 2 unspecified atom stereocenters. The summed E-state index contributed by atoms with van der Waals surface area (Å²) in [7, 11) is 0. The van der Waals surface area contributed by atoms with Crippen molar-refractivity contribution in [3.8, 4) is 5.75 Å². The molecule has 2 fully saturated rings. The van der Waals surface area contributed by atoms with Crippen LogP contribution in [0.25, 0.3) is 0 Å². The van der Waals surface area contributed by atoms with Crippen molar-refractivity contribution >= 4 is 6.02 Å². The fourth-order valence-corrected chi connectivity index (χ4v) is 4.24. The molecule has 4 nitrogen and oxygen atoms in total. The Morgan fingerprint density at radius 2 is 2.12 bits per heavy atom. The van der Waals surface area contributed by atoms with Gasteiger partial charge in [-0.25, -0.2) is 4.99 Å². The van der Waals surface area contributed by atoms with Gasteiger partial charge >= 0.3 is 0 Å². The van der Waals surface area contributed by atoms with Crippen molar-refractivity contribution < 1.29 is 9.47 Å². The molecule has 0 bridgehead atoms. The molecule has 1 aromatic carbocycles. The maximum Gasteiger partial charge on any atom is 0.292 e. The van der Waals surface area contributed by atoms with Gasteiger partial charge in [-0.15, -0.1) is 0 Å². The minimum atomic E-state index is 0.0532. The quantitative estimate of drug-likeness (QED) is 0.818. The van der Waals surface area contributed by atoms with Crippen molar-refractivity contribution in [2.75, 3.05) is 19.7 Å². The number of ether oxygens (including phenoxy) is 2. The number of rotatable bonds is 4. The Balaban J connectivity index is 1.31. The minimum absolute atomic E-state index is 0.0532. The second kappa shape index (κ2) is 6.74. The van der Waals surface area contributed by atoms with Crippen LogP contribution in [0.5, 0.6) is 5.75 Å². The summed E-state index contributed by atoms with van der Waals surface area (Å²) in [5.41, 5.74) is 1.93. The summed E-state index contributed by atoms with van der Waals surface area (Å²) < 4.78 is 11.8. The third-order valence-electron chi connectivity index (χ3n) is 5.58. The first-order chi connectivity index (χ1) is 12.1. The molecule has 1 saturated heterocycles. The summed E-state index contributed by atoms with van der Waals surface area (Å²) in [4.78, 5) is 6.40. The van der Waals surface area contributed by atoms with Crippen LogP contribution in [0.2, 0.25) is 0 Å². The molecule has 1 saturated carbocycles. The maximum absolute atomic E-state index is 5.95. The predicted molar refractivity (Wildman–Crippen MR) is 99.9 cm³/mol. The molecule has 2 atom stereocenters. The van der Waals surface area contributed by atoms with Gasteiger partial charge in [-0.2, -0.15) is 0 Å². The van der Waals surface area contributed by atoms with Crippen LogP contribution in [-0.2, 0) is 4.74 Å². The molecule has 1 aromatic rings. The van der Waals surface area contributed by atoms with Crippen LogP contribution in [0.1, 0.15) is 51.0 Å². The largest absolute Gasteiger partial charge is 0.490 e. The number of hydrogen-bond acceptors (Lipinski definition) is 4. The number of hydrogen-bond donors (Lipinski definition) is 0. The van der Waals surface area contributed by atoms with Crippen LogP contribution < -0.4 is 4.74 Å². The van der Waals surface area contributed by atoms with E-state index in [1.807, 2.05) is 6.08 Å². The Morgan fingerprint density at radius 1 is 1.28 bits per heavy atom. The Kier molecular flexibility index (Phi) is 4.45. The van der Waals surface area contributed by atoms with E-state index < -0.39 is 0 Å². The first-order valence-electron chi connectivity index (χ1n) is 9.46. The minimum Gasteiger partial charge on any atom is -0.490 e. The molecule has 2 aliphatic heterocycles. The molecule has 0 amide bonds. The van der Waals surface area contributed by atoms with Gasteiger partial charge in [0, 0.05) is 12.7 Å². The van der Waals surface area contributed by atoms with Gasteiger partial charge in [-0.1, -0.05) is 32.4 Å². The smallest absolute Gasteiger partial charge is 0.292 e. The van der Waals surface area contributed by atoms with Crippen LogP contribution in [-0.4, -0.2) is 36.7 Å². The maximum atomic E-state index is 5.95. The predicted octanol–water partition coefficient (Wildman–Crippen LogP) is 4.33. The second-order valence-corrected chi connectivity index (χ2v) is 8.28. The molecule has 3 aliphatic rings. The highest BCUT2D eigenvalue weighted by Crippen LogP contribution is 2.43. The Labute approximate surface area is 150 Å². The fraction of sp³-hybridized carbons (Fsp3) is 0.571. The third kappa shape index (κ3) is 3.83. The number of amidine groups is 1. The molecule has 0 radical (unpaired) electrons. The van der Waals surface area contributed by atoms with Crippen molar-refractivity contribution in [2.24, 2.45) is 10.4 Å². The lowest BCUT2D eigenvalue weighted by Crippen LogP contribution is -2.28. The van der Waals surface area contributed by atoms with Crippen molar-refractivity contribution in [3.63, 3.8) is 0 Å². The number of aliphatic imine (C=N–C) groups is 1. The van der Waals surface area contributed by atoms with Gasteiger partial charge < -0.3 is 14.4 Å². The van der Waals surface area contributed by atoms with E-state index in [1.165, 1.54) is 31.2 Å². The lowest BCUT2D eigenvalue weighted by Gasteiger charge is -2.35. The lowest BCUT2D eigenvalue weighted by molar-refractivity contribution is 0.146. The van der Waals surface area contributed by atoms with Gasteiger partial charge in [-0.3, -0.25) is 0 Å². The summed E-state index contributed by atoms with van der Waals surface area (Å²) in [6, 6.07) is 9.44. The lowest BCUT2D eigenvalue weighted by atomic mass is 9.70. The van der Waals surface area contributed by atoms with E-state index in [1.54, 1.807) is 6.20 Å². The molecule has 2 heterocycles. The van der Waals surface area contributed by atoms with Crippen molar-refractivity contribution in [1.29, 1.82) is 0 Å². The average Bonchev–Trinajstić information content (AvgIpc) is 3.02. The van der Waals surface area contributed by atoms with Crippen LogP contribution in [0.15, 0.2) is 41.5 Å². The van der Waals surface area contributed by atoms with Crippen molar-refractivity contribution in [3.05, 3.63) is 42.1 Å². The zero-order chi connectivity index (χ0) is 17.3. The average molecular weight is 340 g/mol.